The number of aliphatic hydroxyl groups is 1. The van der Waals surface area contributed by atoms with Crippen molar-refractivity contribution in [3.05, 3.63) is 0 Å². The van der Waals surface area contributed by atoms with Crippen molar-refractivity contribution in [3.8, 4) is 0 Å². The standard InChI is InChI=1S/C43H79N5O14/c1-44-35(37(50)32-49)18-16-17-23-45-39(52)33-61-30-28-59-26-24-46-40(53)34-62-31-29-60-27-25-47-43(58)36(21-22-42(56)57)48-38(51)19-14-12-10-8-6-4-2-3-5-7-9-11-13-15-20-41(54)55/h35-36,44,49H,2-34H2,1H3,(H,45,52)(H,46,53)(H,47,58)(H,48,51)(H,54,55)(H,56,57)/t35-,36-/m0/s1. The highest BCUT2D eigenvalue weighted by Crippen LogP contribution is 2.14. The summed E-state index contributed by atoms with van der Waals surface area (Å²) in [6, 6.07) is -1.35. The van der Waals surface area contributed by atoms with E-state index in [2.05, 4.69) is 26.6 Å². The van der Waals surface area contributed by atoms with Crippen molar-refractivity contribution >= 4 is 41.4 Å². The van der Waals surface area contributed by atoms with Crippen LogP contribution in [0.15, 0.2) is 0 Å². The molecule has 0 radical (unpaired) electrons. The number of amides is 4. The number of likely N-dealkylation sites (N-methyl/N-ethyl adjacent to an activating group) is 1. The van der Waals surface area contributed by atoms with Crippen LogP contribution in [0.4, 0.5) is 0 Å². The van der Waals surface area contributed by atoms with Crippen molar-refractivity contribution in [1.82, 2.24) is 26.6 Å². The number of ether oxygens (including phenoxy) is 4. The number of aliphatic carboxylic acids is 2. The van der Waals surface area contributed by atoms with Gasteiger partial charge in [-0.15, -0.1) is 0 Å². The molecule has 0 aromatic heterocycles. The minimum absolute atomic E-state index is 0.0302. The van der Waals surface area contributed by atoms with Crippen LogP contribution in [0.3, 0.4) is 0 Å². The number of carboxylic acid groups (broad SMARTS) is 2. The lowest BCUT2D eigenvalue weighted by Gasteiger charge is -2.18. The van der Waals surface area contributed by atoms with E-state index in [-0.39, 0.29) is 121 Å². The quantitative estimate of drug-likeness (QED) is 0.0408. The Labute approximate surface area is 368 Å². The van der Waals surface area contributed by atoms with Crippen LogP contribution in [0.25, 0.3) is 0 Å². The Kier molecular flexibility index (Phi) is 40.0. The maximum Gasteiger partial charge on any atom is 0.303 e. The molecule has 0 aromatic carbocycles. The molecule has 19 heteroatoms. The molecule has 0 saturated heterocycles. The van der Waals surface area contributed by atoms with Gasteiger partial charge in [0.05, 0.1) is 45.7 Å². The number of aliphatic hydroxyl groups excluding tert-OH is 1. The zero-order chi connectivity index (χ0) is 45.9. The highest BCUT2D eigenvalue weighted by molar-refractivity contribution is 5.88. The second-order valence-electron chi connectivity index (χ2n) is 15.2. The molecule has 2 atom stereocenters. The molecule has 19 nitrogen and oxygen atoms in total. The van der Waals surface area contributed by atoms with Crippen molar-refractivity contribution in [2.45, 2.75) is 147 Å². The fourth-order valence-corrected chi connectivity index (χ4v) is 6.27. The summed E-state index contributed by atoms with van der Waals surface area (Å²) in [5.74, 6) is -3.40. The van der Waals surface area contributed by atoms with Crippen LogP contribution in [0.2, 0.25) is 0 Å². The molecule has 0 aliphatic heterocycles. The Hall–Kier alpha value is -3.75. The summed E-state index contributed by atoms with van der Waals surface area (Å²) in [6.45, 7) is 1.22. The topological polar surface area (TPSA) is 277 Å². The van der Waals surface area contributed by atoms with Crippen LogP contribution < -0.4 is 26.6 Å². The van der Waals surface area contributed by atoms with E-state index >= 15 is 0 Å². The molecule has 0 fully saturated rings. The van der Waals surface area contributed by atoms with Crippen LogP contribution in [0.1, 0.15) is 135 Å². The normalized spacial score (nSPS) is 12.0. The molecule has 0 aliphatic rings. The second-order valence-corrected chi connectivity index (χ2v) is 15.2. The molecule has 0 unspecified atom stereocenters. The molecular weight excluding hydrogens is 810 g/mol. The first-order valence-corrected chi connectivity index (χ1v) is 22.7. The first-order chi connectivity index (χ1) is 30.0. The third-order valence-corrected chi connectivity index (χ3v) is 9.80. The molecule has 360 valence electrons. The Bertz CT molecular complexity index is 1210. The fourth-order valence-electron chi connectivity index (χ4n) is 6.27. The Morgan fingerprint density at radius 3 is 1.39 bits per heavy atom. The highest BCUT2D eigenvalue weighted by atomic mass is 16.5. The minimum Gasteiger partial charge on any atom is -0.481 e. The van der Waals surface area contributed by atoms with Gasteiger partial charge in [0.15, 0.2) is 5.78 Å². The SMILES string of the molecule is CN[C@@H](CCCCNC(=O)COCCOCCNC(=O)COCCOCCNC(=O)[C@H](CCC(=O)O)NC(=O)CCCCCCCCCCCCCCCCC(=O)O)C(=O)CO. The largest absolute Gasteiger partial charge is 0.481 e. The molecule has 0 aliphatic carbocycles. The number of carbonyl (C=O) groups is 7. The number of hydrogen-bond acceptors (Lipinski definition) is 13. The third-order valence-electron chi connectivity index (χ3n) is 9.80. The van der Waals surface area contributed by atoms with E-state index in [1.165, 1.54) is 38.5 Å². The van der Waals surface area contributed by atoms with Crippen molar-refractivity contribution < 1.29 is 67.8 Å². The molecule has 0 rings (SSSR count). The first kappa shape index (κ1) is 58.2. The molecule has 0 bridgehead atoms. The van der Waals surface area contributed by atoms with Gasteiger partial charge in [0.25, 0.3) is 0 Å². The van der Waals surface area contributed by atoms with Gasteiger partial charge in [-0.1, -0.05) is 77.0 Å². The van der Waals surface area contributed by atoms with E-state index in [0.717, 1.165) is 44.9 Å². The zero-order valence-electron chi connectivity index (χ0n) is 37.3. The van der Waals surface area contributed by atoms with E-state index in [1.54, 1.807) is 7.05 Å². The van der Waals surface area contributed by atoms with Crippen LogP contribution in [-0.4, -0.2) is 155 Å². The maximum absolute atomic E-state index is 12.7. The predicted molar refractivity (Wildman–Crippen MR) is 231 cm³/mol. The van der Waals surface area contributed by atoms with Gasteiger partial charge in [0.2, 0.25) is 23.6 Å². The molecule has 0 spiro atoms. The number of carboxylic acids is 2. The van der Waals surface area contributed by atoms with Gasteiger partial charge in [0.1, 0.15) is 25.9 Å². The molecule has 62 heavy (non-hydrogen) atoms. The summed E-state index contributed by atoms with van der Waals surface area (Å²) in [7, 11) is 1.66. The third kappa shape index (κ3) is 39.1. The molecule has 0 saturated carbocycles. The summed E-state index contributed by atoms with van der Waals surface area (Å²) < 4.78 is 21.4. The lowest BCUT2D eigenvalue weighted by molar-refractivity contribution is -0.138. The highest BCUT2D eigenvalue weighted by Gasteiger charge is 2.21. The number of Topliss-reactive ketones (excluding diaryl/α,β-unsaturated/α-hetero) is 1. The van der Waals surface area contributed by atoms with E-state index in [4.69, 9.17) is 34.3 Å². The first-order valence-electron chi connectivity index (χ1n) is 22.7. The van der Waals surface area contributed by atoms with Crippen molar-refractivity contribution in [2.75, 3.05) is 86.1 Å². The van der Waals surface area contributed by atoms with Gasteiger partial charge in [0, 0.05) is 38.9 Å². The second kappa shape index (κ2) is 42.5. The average molecular weight is 890 g/mol. The van der Waals surface area contributed by atoms with Crippen LogP contribution >= 0.6 is 0 Å². The van der Waals surface area contributed by atoms with Crippen molar-refractivity contribution in [1.29, 1.82) is 0 Å². The summed E-state index contributed by atoms with van der Waals surface area (Å²) in [4.78, 5) is 82.3. The minimum atomic E-state index is -1.06. The van der Waals surface area contributed by atoms with E-state index in [9.17, 15) is 33.6 Å². The lowest BCUT2D eigenvalue weighted by atomic mass is 10.0. The van der Waals surface area contributed by atoms with Crippen LogP contribution in [0, 0.1) is 0 Å². The monoisotopic (exact) mass is 890 g/mol. The van der Waals surface area contributed by atoms with E-state index < -0.39 is 30.5 Å². The van der Waals surface area contributed by atoms with Gasteiger partial charge in [-0.05, 0) is 45.6 Å². The van der Waals surface area contributed by atoms with Gasteiger partial charge in [-0.25, -0.2) is 0 Å². The van der Waals surface area contributed by atoms with Crippen molar-refractivity contribution in [3.63, 3.8) is 0 Å². The molecular formula is C43H79N5O14. The van der Waals surface area contributed by atoms with Gasteiger partial charge >= 0.3 is 11.9 Å². The lowest BCUT2D eigenvalue weighted by Crippen LogP contribution is -2.47. The summed E-state index contributed by atoms with van der Waals surface area (Å²) in [5, 5.41) is 40.3. The van der Waals surface area contributed by atoms with Gasteiger partial charge < -0.3 is 60.9 Å². The van der Waals surface area contributed by atoms with Crippen LogP contribution in [0.5, 0.6) is 0 Å². The van der Waals surface area contributed by atoms with Crippen LogP contribution in [-0.2, 0) is 52.5 Å². The maximum atomic E-state index is 12.7. The Balaban J connectivity index is 3.83. The predicted octanol–water partition coefficient (Wildman–Crippen LogP) is 2.40. The number of nitrogens with one attached hydrogen (secondary N) is 5. The molecule has 0 aromatic rings. The molecule has 4 amide bonds. The number of ketones is 1. The molecule has 8 N–H and O–H groups in total. The summed E-state index contributed by atoms with van der Waals surface area (Å²) >= 11 is 0. The Morgan fingerprint density at radius 1 is 0.452 bits per heavy atom. The number of rotatable bonds is 46. The molecule has 0 heterocycles. The number of unbranched alkanes of at least 4 members (excludes halogenated alkanes) is 14. The zero-order valence-corrected chi connectivity index (χ0v) is 37.3. The summed E-state index contributed by atoms with van der Waals surface area (Å²) in [6.07, 6.45) is 17.2. The van der Waals surface area contributed by atoms with E-state index in [0.29, 0.717) is 32.2 Å². The van der Waals surface area contributed by atoms with Gasteiger partial charge in [-0.3, -0.25) is 33.6 Å². The van der Waals surface area contributed by atoms with Gasteiger partial charge in [-0.2, -0.15) is 0 Å². The average Bonchev–Trinajstić information content (AvgIpc) is 3.24. The number of hydrogen-bond donors (Lipinski definition) is 8. The number of carbonyl (C=O) groups excluding carboxylic acids is 5. The Morgan fingerprint density at radius 2 is 0.903 bits per heavy atom. The summed E-state index contributed by atoms with van der Waals surface area (Å²) in [5.41, 5.74) is 0. The smallest absolute Gasteiger partial charge is 0.303 e. The van der Waals surface area contributed by atoms with E-state index in [1.807, 2.05) is 0 Å². The van der Waals surface area contributed by atoms with Crippen molar-refractivity contribution in [2.24, 2.45) is 0 Å². The fraction of sp³-hybridized carbons (Fsp3) is 0.837.